The lowest BCUT2D eigenvalue weighted by molar-refractivity contribution is 0.0945. The summed E-state index contributed by atoms with van der Waals surface area (Å²) in [6.07, 6.45) is 4.99. The van der Waals surface area contributed by atoms with E-state index in [0.717, 1.165) is 23.5 Å². The van der Waals surface area contributed by atoms with Crippen molar-refractivity contribution in [2.24, 2.45) is 5.92 Å². The van der Waals surface area contributed by atoms with E-state index in [1.807, 2.05) is 19.9 Å². The van der Waals surface area contributed by atoms with Gasteiger partial charge in [0.1, 0.15) is 10.8 Å². The Morgan fingerprint density at radius 3 is 2.71 bits per heavy atom. The number of aryl methyl sites for hydroxylation is 2. The Kier molecular flexibility index (Phi) is 6.78. The molecule has 150 valence electrons. The van der Waals surface area contributed by atoms with Crippen molar-refractivity contribution in [3.05, 3.63) is 54.6 Å². The summed E-state index contributed by atoms with van der Waals surface area (Å²) < 4.78 is 0.571. The third kappa shape index (κ3) is 4.94. The van der Waals surface area contributed by atoms with Crippen LogP contribution in [0.15, 0.2) is 21.4 Å². The quantitative estimate of drug-likeness (QED) is 0.552. The lowest BCUT2D eigenvalue weighted by atomic mass is 10.1. The monoisotopic (exact) mass is 466 g/mol. The number of aromatic amines is 1. The van der Waals surface area contributed by atoms with Crippen LogP contribution in [0.5, 0.6) is 0 Å². The molecule has 2 aromatic heterocycles. The molecule has 1 aliphatic rings. The Morgan fingerprint density at radius 1 is 1.32 bits per heavy atom. The number of amides is 1. The number of halogens is 2. The number of nitrogens with zero attached hydrogens (tertiary/aromatic N) is 1. The number of nitrogens with one attached hydrogen (secondary N) is 3. The highest BCUT2D eigenvalue weighted by Gasteiger charge is 2.19. The molecule has 0 spiro atoms. The Balaban J connectivity index is 1.73. The van der Waals surface area contributed by atoms with E-state index in [0.29, 0.717) is 16.0 Å². The standard InChI is InChI=1S/C20H24BrClN4O2/c1-11-7-12(2)25-19(27)14(11)10-24-20(28)18-17(21)15(8-16(22)26-18)23-9-13-5-3-4-6-13/h7-8,13H,3-6,9-10H2,1-2H3,(H,23,26)(H,24,28)(H,25,27). The highest BCUT2D eigenvalue weighted by molar-refractivity contribution is 9.10. The minimum atomic E-state index is -0.391. The number of rotatable bonds is 6. The molecule has 0 bridgehead atoms. The maximum Gasteiger partial charge on any atom is 0.271 e. The predicted octanol–water partition coefficient (Wildman–Crippen LogP) is 4.33. The number of anilines is 1. The van der Waals surface area contributed by atoms with E-state index in [9.17, 15) is 9.59 Å². The van der Waals surface area contributed by atoms with Crippen LogP contribution in [0, 0.1) is 19.8 Å². The van der Waals surface area contributed by atoms with Crippen LogP contribution in [0.25, 0.3) is 0 Å². The van der Waals surface area contributed by atoms with Crippen molar-refractivity contribution in [2.75, 3.05) is 11.9 Å². The summed E-state index contributed by atoms with van der Waals surface area (Å²) in [6.45, 7) is 4.63. The summed E-state index contributed by atoms with van der Waals surface area (Å²) in [5.41, 5.74) is 2.89. The first-order valence-corrected chi connectivity index (χ1v) is 10.6. The van der Waals surface area contributed by atoms with E-state index >= 15 is 0 Å². The zero-order valence-corrected chi connectivity index (χ0v) is 18.3. The van der Waals surface area contributed by atoms with E-state index < -0.39 is 5.91 Å². The Hall–Kier alpha value is -1.86. The zero-order chi connectivity index (χ0) is 20.3. The van der Waals surface area contributed by atoms with Crippen molar-refractivity contribution in [1.29, 1.82) is 0 Å². The number of carbonyl (C=O) groups is 1. The molecule has 0 unspecified atom stereocenters. The third-order valence-corrected chi connectivity index (χ3v) is 6.11. The molecular weight excluding hydrogens is 444 g/mol. The van der Waals surface area contributed by atoms with Gasteiger partial charge < -0.3 is 15.6 Å². The van der Waals surface area contributed by atoms with Gasteiger partial charge in [-0.15, -0.1) is 0 Å². The van der Waals surface area contributed by atoms with Gasteiger partial charge in [-0.3, -0.25) is 9.59 Å². The second-order valence-corrected chi connectivity index (χ2v) is 8.49. The van der Waals surface area contributed by atoms with Crippen LogP contribution in [0.1, 0.15) is 53.0 Å². The fourth-order valence-electron chi connectivity index (χ4n) is 3.60. The topological polar surface area (TPSA) is 86.9 Å². The first kappa shape index (κ1) is 20.9. The van der Waals surface area contributed by atoms with E-state index in [4.69, 9.17) is 11.6 Å². The molecule has 28 heavy (non-hydrogen) atoms. The highest BCUT2D eigenvalue weighted by Crippen LogP contribution is 2.30. The first-order chi connectivity index (χ1) is 13.3. The minimum absolute atomic E-state index is 0.117. The number of H-pyrrole nitrogens is 1. The van der Waals surface area contributed by atoms with Crippen molar-refractivity contribution in [3.63, 3.8) is 0 Å². The Bertz CT molecular complexity index is 939. The van der Waals surface area contributed by atoms with Gasteiger partial charge in [0.05, 0.1) is 10.2 Å². The van der Waals surface area contributed by atoms with Gasteiger partial charge in [-0.2, -0.15) is 0 Å². The van der Waals surface area contributed by atoms with Crippen LogP contribution in [0.2, 0.25) is 5.15 Å². The Morgan fingerprint density at radius 2 is 2.04 bits per heavy atom. The summed E-state index contributed by atoms with van der Waals surface area (Å²) in [6, 6.07) is 3.59. The van der Waals surface area contributed by atoms with E-state index in [1.165, 1.54) is 25.7 Å². The lowest BCUT2D eigenvalue weighted by Crippen LogP contribution is -2.29. The fourth-order valence-corrected chi connectivity index (χ4v) is 4.32. The van der Waals surface area contributed by atoms with Gasteiger partial charge in [0.15, 0.2) is 0 Å². The van der Waals surface area contributed by atoms with Crippen LogP contribution in [0.3, 0.4) is 0 Å². The van der Waals surface area contributed by atoms with Crippen LogP contribution < -0.4 is 16.2 Å². The van der Waals surface area contributed by atoms with Gasteiger partial charge in [0.2, 0.25) is 0 Å². The number of pyridine rings is 2. The summed E-state index contributed by atoms with van der Waals surface area (Å²) in [4.78, 5) is 31.7. The average molecular weight is 468 g/mol. The SMILES string of the molecule is Cc1cc(C)c(CNC(=O)c2nc(Cl)cc(NCC3CCCC3)c2Br)c(=O)[nH]1. The molecule has 1 amide bonds. The second kappa shape index (κ2) is 9.09. The molecule has 0 saturated heterocycles. The molecule has 3 rings (SSSR count). The van der Waals surface area contributed by atoms with Gasteiger partial charge in [-0.1, -0.05) is 24.4 Å². The molecule has 2 aromatic rings. The van der Waals surface area contributed by atoms with Gasteiger partial charge in [-0.05, 0) is 66.2 Å². The molecule has 0 atom stereocenters. The molecule has 2 heterocycles. The smallest absolute Gasteiger partial charge is 0.271 e. The molecule has 6 nitrogen and oxygen atoms in total. The van der Waals surface area contributed by atoms with E-state index in [1.54, 1.807) is 6.07 Å². The minimum Gasteiger partial charge on any atom is -0.384 e. The third-order valence-electron chi connectivity index (χ3n) is 5.12. The highest BCUT2D eigenvalue weighted by atomic mass is 79.9. The maximum absolute atomic E-state index is 12.7. The number of carbonyl (C=O) groups excluding carboxylic acids is 1. The number of hydrogen-bond acceptors (Lipinski definition) is 4. The van der Waals surface area contributed by atoms with Gasteiger partial charge in [-0.25, -0.2) is 4.98 Å². The zero-order valence-electron chi connectivity index (χ0n) is 16.0. The fraction of sp³-hybridized carbons (Fsp3) is 0.450. The lowest BCUT2D eigenvalue weighted by Gasteiger charge is -2.15. The molecule has 3 N–H and O–H groups in total. The second-order valence-electron chi connectivity index (χ2n) is 7.31. The normalized spacial score (nSPS) is 14.3. The van der Waals surface area contributed by atoms with Crippen LogP contribution in [-0.2, 0) is 6.54 Å². The van der Waals surface area contributed by atoms with Crippen molar-refractivity contribution in [2.45, 2.75) is 46.1 Å². The number of aromatic nitrogens is 2. The molecular formula is C20H24BrClN4O2. The maximum atomic E-state index is 12.7. The molecule has 0 aliphatic heterocycles. The van der Waals surface area contributed by atoms with Crippen LogP contribution in [-0.4, -0.2) is 22.4 Å². The van der Waals surface area contributed by atoms with Crippen molar-refractivity contribution >= 4 is 39.1 Å². The van der Waals surface area contributed by atoms with Crippen molar-refractivity contribution in [3.8, 4) is 0 Å². The largest absolute Gasteiger partial charge is 0.384 e. The van der Waals surface area contributed by atoms with Crippen molar-refractivity contribution < 1.29 is 4.79 Å². The number of hydrogen-bond donors (Lipinski definition) is 3. The van der Waals surface area contributed by atoms with Gasteiger partial charge >= 0.3 is 0 Å². The van der Waals surface area contributed by atoms with Gasteiger partial charge in [0, 0.05) is 24.3 Å². The average Bonchev–Trinajstić information content (AvgIpc) is 3.14. The van der Waals surface area contributed by atoms with Crippen molar-refractivity contribution in [1.82, 2.24) is 15.3 Å². The van der Waals surface area contributed by atoms with Gasteiger partial charge in [0.25, 0.3) is 11.5 Å². The summed E-state index contributed by atoms with van der Waals surface area (Å²) in [5, 5.41) is 6.40. The summed E-state index contributed by atoms with van der Waals surface area (Å²) >= 11 is 9.62. The molecule has 0 radical (unpaired) electrons. The molecule has 8 heteroatoms. The van der Waals surface area contributed by atoms with Crippen LogP contribution >= 0.6 is 27.5 Å². The predicted molar refractivity (Wildman–Crippen MR) is 115 cm³/mol. The molecule has 0 aromatic carbocycles. The molecule has 1 fully saturated rings. The molecule has 1 saturated carbocycles. The Labute approximate surface area is 177 Å². The van der Waals surface area contributed by atoms with E-state index in [2.05, 4.69) is 36.5 Å². The van der Waals surface area contributed by atoms with E-state index in [-0.39, 0.29) is 23.0 Å². The summed E-state index contributed by atoms with van der Waals surface area (Å²) in [7, 11) is 0. The van der Waals surface area contributed by atoms with Crippen LogP contribution in [0.4, 0.5) is 5.69 Å². The summed E-state index contributed by atoms with van der Waals surface area (Å²) in [5.74, 6) is 0.255. The first-order valence-electron chi connectivity index (χ1n) is 9.42. The molecule has 1 aliphatic carbocycles.